The van der Waals surface area contributed by atoms with Gasteiger partial charge in [0, 0.05) is 0 Å². The van der Waals surface area contributed by atoms with E-state index >= 15 is 0 Å². The number of hydrogen-bond donors (Lipinski definition) is 2. The van der Waals surface area contributed by atoms with Gasteiger partial charge in [0.1, 0.15) is 5.75 Å². The Kier molecular flexibility index (Phi) is 6.89. The van der Waals surface area contributed by atoms with E-state index in [1.165, 1.54) is 7.11 Å². The Balaban J connectivity index is 0.000000364. The molecule has 0 unspecified atom stereocenters. The van der Waals surface area contributed by atoms with E-state index in [-0.39, 0.29) is 0 Å². The first-order chi connectivity index (χ1) is 6.79. The number of rotatable bonds is 3. The molecule has 14 heavy (non-hydrogen) atoms. The fourth-order valence-corrected chi connectivity index (χ4v) is 0.764. The maximum absolute atomic E-state index is 8.95. The van der Waals surface area contributed by atoms with Crippen molar-refractivity contribution in [1.29, 1.82) is 0 Å². The standard InChI is InChI=1S/C7H10N2O.C2H4O2/c1-10-7-5-3-2-4-6(7)9-8;1-4-2-3/h2-5,9H,8H2,1H3;2H,1H3. The molecule has 0 saturated heterocycles. The van der Waals surface area contributed by atoms with Gasteiger partial charge >= 0.3 is 0 Å². The molecule has 0 bridgehead atoms. The van der Waals surface area contributed by atoms with Crippen molar-refractivity contribution in [2.24, 2.45) is 5.84 Å². The van der Waals surface area contributed by atoms with Gasteiger partial charge in [-0.1, -0.05) is 12.1 Å². The van der Waals surface area contributed by atoms with Crippen molar-refractivity contribution in [2.45, 2.75) is 0 Å². The average Bonchev–Trinajstić information content (AvgIpc) is 2.29. The molecule has 0 spiro atoms. The minimum atomic E-state index is 0.375. The number of carbonyl (C=O) groups is 1. The minimum Gasteiger partial charge on any atom is -0.495 e. The van der Waals surface area contributed by atoms with Gasteiger partial charge in [0.25, 0.3) is 6.47 Å². The second-order valence-electron chi connectivity index (χ2n) is 2.18. The number of benzene rings is 1. The summed E-state index contributed by atoms with van der Waals surface area (Å²) in [5.74, 6) is 5.95. The number of anilines is 1. The van der Waals surface area contributed by atoms with Gasteiger partial charge in [0.05, 0.1) is 19.9 Å². The Hall–Kier alpha value is -1.75. The Morgan fingerprint density at radius 2 is 1.93 bits per heavy atom. The highest BCUT2D eigenvalue weighted by molar-refractivity contribution is 5.54. The number of hydrogen-bond acceptors (Lipinski definition) is 5. The molecule has 0 heterocycles. The van der Waals surface area contributed by atoms with Crippen molar-refractivity contribution in [1.82, 2.24) is 0 Å². The maximum Gasteiger partial charge on any atom is 0.292 e. The van der Waals surface area contributed by atoms with Crippen LogP contribution in [0.25, 0.3) is 0 Å². The van der Waals surface area contributed by atoms with Gasteiger partial charge in [-0.3, -0.25) is 10.6 Å². The quantitative estimate of drug-likeness (QED) is 0.426. The van der Waals surface area contributed by atoms with Gasteiger partial charge in [0.2, 0.25) is 0 Å². The van der Waals surface area contributed by atoms with Crippen LogP contribution in [0.5, 0.6) is 5.75 Å². The minimum absolute atomic E-state index is 0.375. The fourth-order valence-electron chi connectivity index (χ4n) is 0.764. The van der Waals surface area contributed by atoms with Crippen LogP contribution in [0.15, 0.2) is 24.3 Å². The highest BCUT2D eigenvalue weighted by atomic mass is 16.5. The third-order valence-corrected chi connectivity index (χ3v) is 1.36. The van der Waals surface area contributed by atoms with E-state index in [2.05, 4.69) is 10.2 Å². The monoisotopic (exact) mass is 198 g/mol. The van der Waals surface area contributed by atoms with Crippen molar-refractivity contribution in [3.05, 3.63) is 24.3 Å². The molecule has 0 amide bonds. The Bertz CT molecular complexity index is 243. The summed E-state index contributed by atoms with van der Waals surface area (Å²) < 4.78 is 8.85. The highest BCUT2D eigenvalue weighted by Crippen LogP contribution is 2.21. The first-order valence-electron chi connectivity index (χ1n) is 3.86. The molecule has 5 nitrogen and oxygen atoms in total. The highest BCUT2D eigenvalue weighted by Gasteiger charge is 1.95. The van der Waals surface area contributed by atoms with E-state index in [4.69, 9.17) is 15.4 Å². The van der Waals surface area contributed by atoms with Crippen LogP contribution in [0, 0.1) is 0 Å². The van der Waals surface area contributed by atoms with Crippen molar-refractivity contribution in [2.75, 3.05) is 19.6 Å². The molecule has 0 radical (unpaired) electrons. The molecule has 1 aromatic carbocycles. The van der Waals surface area contributed by atoms with E-state index in [0.29, 0.717) is 6.47 Å². The number of hydrazine groups is 1. The van der Waals surface area contributed by atoms with Crippen LogP contribution in [-0.4, -0.2) is 20.7 Å². The van der Waals surface area contributed by atoms with E-state index in [0.717, 1.165) is 11.4 Å². The molecule has 0 aromatic heterocycles. The summed E-state index contributed by atoms with van der Waals surface area (Å²) >= 11 is 0. The summed E-state index contributed by atoms with van der Waals surface area (Å²) in [6, 6.07) is 7.46. The molecule has 3 N–H and O–H groups in total. The zero-order valence-corrected chi connectivity index (χ0v) is 8.19. The number of nitrogens with two attached hydrogens (primary N) is 1. The molecule has 1 rings (SSSR count). The molecule has 78 valence electrons. The number of nitrogen functional groups attached to an aromatic ring is 1. The smallest absolute Gasteiger partial charge is 0.292 e. The number of ether oxygens (including phenoxy) is 2. The van der Waals surface area contributed by atoms with Gasteiger partial charge in [-0.05, 0) is 12.1 Å². The van der Waals surface area contributed by atoms with Crippen LogP contribution < -0.4 is 16.0 Å². The SMILES string of the molecule is COC=O.COc1ccccc1NN. The molecule has 5 heteroatoms. The van der Waals surface area contributed by atoms with Gasteiger partial charge in [-0.25, -0.2) is 0 Å². The summed E-state index contributed by atoms with van der Waals surface area (Å²) in [6.07, 6.45) is 0. The van der Waals surface area contributed by atoms with Gasteiger partial charge in [0.15, 0.2) is 0 Å². The first-order valence-corrected chi connectivity index (χ1v) is 3.86. The van der Waals surface area contributed by atoms with E-state index < -0.39 is 0 Å². The molecule has 0 aliphatic heterocycles. The van der Waals surface area contributed by atoms with E-state index in [1.54, 1.807) is 7.11 Å². The number of para-hydroxylation sites is 2. The lowest BCUT2D eigenvalue weighted by molar-refractivity contribution is -0.126. The maximum atomic E-state index is 8.95. The van der Waals surface area contributed by atoms with Crippen LogP contribution in [-0.2, 0) is 9.53 Å². The van der Waals surface area contributed by atoms with Crippen molar-refractivity contribution >= 4 is 12.2 Å². The van der Waals surface area contributed by atoms with Crippen LogP contribution in [0.4, 0.5) is 5.69 Å². The number of methoxy groups -OCH3 is 2. The lowest BCUT2D eigenvalue weighted by Crippen LogP contribution is -2.07. The molecule has 0 fully saturated rings. The number of carbonyl (C=O) groups excluding carboxylic acids is 1. The van der Waals surface area contributed by atoms with Crippen molar-refractivity contribution in [3.63, 3.8) is 0 Å². The van der Waals surface area contributed by atoms with E-state index in [1.807, 2.05) is 24.3 Å². The third kappa shape index (κ3) is 4.32. The summed E-state index contributed by atoms with van der Waals surface area (Å²) in [4.78, 5) is 8.95. The summed E-state index contributed by atoms with van der Waals surface area (Å²) in [7, 11) is 2.92. The van der Waals surface area contributed by atoms with Crippen LogP contribution in [0.2, 0.25) is 0 Å². The largest absolute Gasteiger partial charge is 0.495 e. The summed E-state index contributed by atoms with van der Waals surface area (Å²) in [6.45, 7) is 0.375. The van der Waals surface area contributed by atoms with E-state index in [9.17, 15) is 0 Å². The molecule has 0 saturated carbocycles. The van der Waals surface area contributed by atoms with Crippen LogP contribution >= 0.6 is 0 Å². The lowest BCUT2D eigenvalue weighted by atomic mass is 10.3. The molecule has 0 aliphatic rings. The second kappa shape index (κ2) is 7.88. The van der Waals surface area contributed by atoms with Gasteiger partial charge in [-0.2, -0.15) is 0 Å². The molecular formula is C9H14N2O3. The van der Waals surface area contributed by atoms with Crippen LogP contribution in [0.3, 0.4) is 0 Å². The summed E-state index contributed by atoms with van der Waals surface area (Å²) in [5, 5.41) is 0. The average molecular weight is 198 g/mol. The van der Waals surface area contributed by atoms with Gasteiger partial charge in [-0.15, -0.1) is 0 Å². The Labute approximate surface area is 82.8 Å². The fraction of sp³-hybridized carbons (Fsp3) is 0.222. The Morgan fingerprint density at radius 3 is 2.29 bits per heavy atom. The van der Waals surface area contributed by atoms with Crippen molar-refractivity contribution in [3.8, 4) is 5.75 Å². The lowest BCUT2D eigenvalue weighted by Gasteiger charge is -2.05. The molecule has 0 atom stereocenters. The molecular weight excluding hydrogens is 184 g/mol. The zero-order valence-electron chi connectivity index (χ0n) is 8.19. The normalized spacial score (nSPS) is 7.93. The van der Waals surface area contributed by atoms with Gasteiger partial charge < -0.3 is 14.9 Å². The van der Waals surface area contributed by atoms with Crippen LogP contribution in [0.1, 0.15) is 0 Å². The molecule has 1 aromatic rings. The first kappa shape index (κ1) is 12.2. The third-order valence-electron chi connectivity index (χ3n) is 1.36. The predicted octanol–water partition coefficient (Wildman–Crippen LogP) is 0.770. The molecule has 0 aliphatic carbocycles. The predicted molar refractivity (Wildman–Crippen MR) is 53.9 cm³/mol. The Morgan fingerprint density at radius 1 is 1.36 bits per heavy atom. The summed E-state index contributed by atoms with van der Waals surface area (Å²) in [5.41, 5.74) is 3.32. The second-order valence-corrected chi connectivity index (χ2v) is 2.18. The zero-order chi connectivity index (χ0) is 10.8. The topological polar surface area (TPSA) is 73.6 Å². The number of nitrogens with one attached hydrogen (secondary N) is 1. The van der Waals surface area contributed by atoms with Crippen molar-refractivity contribution < 1.29 is 14.3 Å².